The fourth-order valence-electron chi connectivity index (χ4n) is 1.44. The summed E-state index contributed by atoms with van der Waals surface area (Å²) in [4.78, 5) is 20.6. The van der Waals surface area contributed by atoms with Gasteiger partial charge in [-0.25, -0.2) is 0 Å². The molecule has 10 heteroatoms. The van der Waals surface area contributed by atoms with Crippen molar-refractivity contribution in [1.82, 2.24) is 5.32 Å². The van der Waals surface area contributed by atoms with Crippen molar-refractivity contribution >= 4 is 24.4 Å². The van der Waals surface area contributed by atoms with Crippen molar-refractivity contribution in [2.75, 3.05) is 52.8 Å². The van der Waals surface area contributed by atoms with E-state index in [-0.39, 0.29) is 18.6 Å². The zero-order valence-electron chi connectivity index (χ0n) is 14.7. The van der Waals surface area contributed by atoms with Gasteiger partial charge in [-0.3, -0.25) is 4.79 Å². The van der Waals surface area contributed by atoms with E-state index in [1.54, 1.807) is 20.8 Å². The van der Waals surface area contributed by atoms with E-state index in [9.17, 15) is 9.69 Å². The highest BCUT2D eigenvalue weighted by atomic mass is 32.5. The van der Waals surface area contributed by atoms with Gasteiger partial charge in [-0.1, -0.05) is 6.92 Å². The predicted octanol–water partition coefficient (Wildman–Crippen LogP) is 1.22. The molecule has 0 saturated carbocycles. The van der Waals surface area contributed by atoms with Gasteiger partial charge in [0.15, 0.2) is 0 Å². The summed E-state index contributed by atoms with van der Waals surface area (Å²) in [6, 6.07) is 0. The second-order valence-electron chi connectivity index (χ2n) is 5.00. The van der Waals surface area contributed by atoms with Gasteiger partial charge in [0.2, 0.25) is 5.91 Å². The van der Waals surface area contributed by atoms with Gasteiger partial charge in [0.1, 0.15) is 0 Å². The topological polar surface area (TPSA) is 95.5 Å². The van der Waals surface area contributed by atoms with Gasteiger partial charge in [0.05, 0.1) is 52.4 Å². The van der Waals surface area contributed by atoms with Crippen molar-refractivity contribution < 1.29 is 32.9 Å². The van der Waals surface area contributed by atoms with E-state index in [1.165, 1.54) is 0 Å². The second kappa shape index (κ2) is 15.2. The highest BCUT2D eigenvalue weighted by molar-refractivity contribution is 8.07. The SMILES string of the molecule is CCC(=O)NCCOCCOCCOCCOP(O)(=S)OC(C)C. The quantitative estimate of drug-likeness (QED) is 0.302. The number of amides is 1. The van der Waals surface area contributed by atoms with E-state index >= 15 is 0 Å². The van der Waals surface area contributed by atoms with Crippen molar-refractivity contribution in [2.24, 2.45) is 0 Å². The zero-order valence-corrected chi connectivity index (χ0v) is 16.4. The molecule has 0 aromatic carbocycles. The first-order valence-electron chi connectivity index (χ1n) is 8.03. The van der Waals surface area contributed by atoms with Crippen LogP contribution in [0, 0.1) is 0 Å². The number of ether oxygens (including phenoxy) is 3. The summed E-state index contributed by atoms with van der Waals surface area (Å²) in [5.41, 5.74) is 0. The molecule has 2 N–H and O–H groups in total. The van der Waals surface area contributed by atoms with Crippen molar-refractivity contribution in [3.8, 4) is 0 Å². The Morgan fingerprint density at radius 3 is 2.04 bits per heavy atom. The van der Waals surface area contributed by atoms with Gasteiger partial charge < -0.3 is 33.5 Å². The van der Waals surface area contributed by atoms with Crippen molar-refractivity contribution in [3.63, 3.8) is 0 Å². The van der Waals surface area contributed by atoms with E-state index in [1.807, 2.05) is 0 Å². The summed E-state index contributed by atoms with van der Waals surface area (Å²) >= 11 is 4.82. The summed E-state index contributed by atoms with van der Waals surface area (Å²) in [6.45, 7) is 5.42. The Morgan fingerprint density at radius 1 is 1.04 bits per heavy atom. The molecule has 0 bridgehead atoms. The molecule has 0 radical (unpaired) electrons. The Bertz CT molecular complexity index is 371. The van der Waals surface area contributed by atoms with Crippen LogP contribution in [0.1, 0.15) is 27.2 Å². The first-order chi connectivity index (χ1) is 11.4. The highest BCUT2D eigenvalue weighted by Crippen LogP contribution is 2.44. The molecular weight excluding hydrogens is 357 g/mol. The zero-order chi connectivity index (χ0) is 18.3. The van der Waals surface area contributed by atoms with E-state index < -0.39 is 6.72 Å². The monoisotopic (exact) mass is 387 g/mol. The fourth-order valence-corrected chi connectivity index (χ4v) is 3.08. The third kappa shape index (κ3) is 16.7. The summed E-state index contributed by atoms with van der Waals surface area (Å²) in [6.07, 6.45) is 0.298. The number of hydrogen-bond acceptors (Lipinski definition) is 7. The molecule has 1 amide bonds. The average Bonchev–Trinajstić information content (AvgIpc) is 2.50. The van der Waals surface area contributed by atoms with Crippen LogP contribution in [0.2, 0.25) is 0 Å². The molecule has 144 valence electrons. The van der Waals surface area contributed by atoms with Crippen molar-refractivity contribution in [2.45, 2.75) is 33.3 Å². The summed E-state index contributed by atoms with van der Waals surface area (Å²) in [5, 5.41) is 2.72. The van der Waals surface area contributed by atoms with Gasteiger partial charge >= 0.3 is 6.72 Å². The van der Waals surface area contributed by atoms with Crippen LogP contribution in [-0.2, 0) is 39.9 Å². The Hall–Kier alpha value is -0.120. The van der Waals surface area contributed by atoms with Crippen LogP contribution in [-0.4, -0.2) is 69.7 Å². The van der Waals surface area contributed by atoms with Crippen LogP contribution < -0.4 is 5.32 Å². The van der Waals surface area contributed by atoms with Gasteiger partial charge in [-0.05, 0) is 25.7 Å². The minimum Gasteiger partial charge on any atom is -0.377 e. The molecule has 0 aromatic heterocycles. The molecule has 0 heterocycles. The lowest BCUT2D eigenvalue weighted by molar-refractivity contribution is -0.121. The number of carbonyl (C=O) groups is 1. The minimum absolute atomic E-state index is 0.0170. The summed E-state index contributed by atoms with van der Waals surface area (Å²) < 4.78 is 26.1. The predicted molar refractivity (Wildman–Crippen MR) is 94.4 cm³/mol. The lowest BCUT2D eigenvalue weighted by Gasteiger charge is -2.17. The van der Waals surface area contributed by atoms with E-state index in [0.29, 0.717) is 52.6 Å². The molecule has 1 unspecified atom stereocenters. The Morgan fingerprint density at radius 2 is 1.54 bits per heavy atom. The number of hydrogen-bond donors (Lipinski definition) is 2. The van der Waals surface area contributed by atoms with Crippen LogP contribution in [0.5, 0.6) is 0 Å². The standard InChI is InChI=1S/C14H30NO7PS/c1-4-14(16)15-5-6-18-7-8-19-9-10-20-11-12-21-23(17,24)22-13(2)3/h13H,4-12H2,1-3H3,(H,15,16)(H,17,24). The molecule has 0 aliphatic rings. The minimum atomic E-state index is -3.16. The maximum absolute atomic E-state index is 11.0. The van der Waals surface area contributed by atoms with Crippen LogP contribution in [0.4, 0.5) is 0 Å². The van der Waals surface area contributed by atoms with Crippen LogP contribution in [0.15, 0.2) is 0 Å². The van der Waals surface area contributed by atoms with Crippen LogP contribution in [0.3, 0.4) is 0 Å². The lowest BCUT2D eigenvalue weighted by atomic mass is 10.4. The third-order valence-electron chi connectivity index (χ3n) is 2.46. The summed E-state index contributed by atoms with van der Waals surface area (Å²) in [5.74, 6) is 0.0170. The molecule has 0 aliphatic heterocycles. The smallest absolute Gasteiger partial charge is 0.324 e. The van der Waals surface area contributed by atoms with Crippen molar-refractivity contribution in [3.05, 3.63) is 0 Å². The maximum atomic E-state index is 11.0. The Balaban J connectivity index is 3.26. The average molecular weight is 387 g/mol. The molecule has 0 rings (SSSR count). The maximum Gasteiger partial charge on any atom is 0.324 e. The number of carbonyl (C=O) groups excluding carboxylic acids is 1. The van der Waals surface area contributed by atoms with Crippen LogP contribution in [0.25, 0.3) is 0 Å². The van der Waals surface area contributed by atoms with Gasteiger partial charge in [0, 0.05) is 13.0 Å². The number of rotatable bonds is 16. The Kier molecular flexibility index (Phi) is 15.1. The third-order valence-corrected chi connectivity index (χ3v) is 4.23. The Labute approximate surface area is 149 Å². The van der Waals surface area contributed by atoms with E-state index in [2.05, 4.69) is 5.32 Å². The molecule has 0 saturated heterocycles. The number of nitrogens with one attached hydrogen (secondary N) is 1. The van der Waals surface area contributed by atoms with Crippen LogP contribution >= 0.6 is 6.72 Å². The van der Waals surface area contributed by atoms with Gasteiger partial charge in [-0.2, -0.15) is 0 Å². The molecular formula is C14H30NO7PS. The molecule has 0 aliphatic carbocycles. The normalized spacial score (nSPS) is 13.9. The second-order valence-corrected chi connectivity index (χ2v) is 7.79. The largest absolute Gasteiger partial charge is 0.377 e. The molecule has 1 atom stereocenters. The molecule has 0 fully saturated rings. The van der Waals surface area contributed by atoms with E-state index in [0.717, 1.165) is 0 Å². The molecule has 24 heavy (non-hydrogen) atoms. The first kappa shape index (κ1) is 23.9. The molecule has 0 aromatic rings. The first-order valence-corrected chi connectivity index (χ1v) is 10.6. The molecule has 0 spiro atoms. The lowest BCUT2D eigenvalue weighted by Crippen LogP contribution is -2.26. The fraction of sp³-hybridized carbons (Fsp3) is 0.929. The van der Waals surface area contributed by atoms with Gasteiger partial charge in [0.25, 0.3) is 0 Å². The van der Waals surface area contributed by atoms with E-state index in [4.69, 9.17) is 35.1 Å². The van der Waals surface area contributed by atoms with Crippen molar-refractivity contribution in [1.29, 1.82) is 0 Å². The van der Waals surface area contributed by atoms with Gasteiger partial charge in [-0.15, -0.1) is 0 Å². The highest BCUT2D eigenvalue weighted by Gasteiger charge is 2.16. The summed E-state index contributed by atoms with van der Waals surface area (Å²) in [7, 11) is 0. The molecule has 8 nitrogen and oxygen atoms in total.